The van der Waals surface area contributed by atoms with E-state index in [0.29, 0.717) is 6.42 Å². The quantitative estimate of drug-likeness (QED) is 0.647. The van der Waals surface area contributed by atoms with Gasteiger partial charge in [-0.15, -0.1) is 0 Å². The first-order valence-electron chi connectivity index (χ1n) is 4.84. The van der Waals surface area contributed by atoms with Crippen LogP contribution in [0.4, 0.5) is 0 Å². The van der Waals surface area contributed by atoms with Crippen LogP contribution in [0.15, 0.2) is 30.6 Å². The maximum atomic E-state index is 9.87. The van der Waals surface area contributed by atoms with Gasteiger partial charge in [0, 0.05) is 18.8 Å². The molecule has 1 aromatic heterocycles. The van der Waals surface area contributed by atoms with E-state index in [2.05, 4.69) is 11.9 Å². The fraction of sp³-hybridized carbons (Fsp3) is 0.455. The first kappa shape index (κ1) is 17.3. The summed E-state index contributed by atoms with van der Waals surface area (Å²) in [5.41, 5.74) is 0. The molecule has 82 valence electrons. The van der Waals surface area contributed by atoms with Gasteiger partial charge in [0.15, 0.2) is 0 Å². The minimum Gasteiger partial charge on any atom is -1.00 e. The summed E-state index contributed by atoms with van der Waals surface area (Å²) in [6.07, 6.45) is 6.78. The molecule has 0 spiro atoms. The standard InChI is InChI=1S/C6H12O2.C5H5N.Ca.2H/c1-2-3-4-5-6(7)8;1-2-4-6-5-3-1;;;/h2-5H2,1H3,(H,7,8);1-5H;;;/q;;+2;2*-1. The van der Waals surface area contributed by atoms with Crippen molar-refractivity contribution in [1.29, 1.82) is 0 Å². The zero-order valence-corrected chi connectivity index (χ0v) is 11.4. The normalized spacial score (nSPS) is 8.07. The van der Waals surface area contributed by atoms with Gasteiger partial charge in [-0.05, 0) is 18.6 Å². The fourth-order valence-corrected chi connectivity index (χ4v) is 0.839. The van der Waals surface area contributed by atoms with Crippen LogP contribution in [0.1, 0.15) is 35.5 Å². The van der Waals surface area contributed by atoms with Gasteiger partial charge in [-0.2, -0.15) is 0 Å². The predicted octanol–water partition coefficient (Wildman–Crippen LogP) is 2.58. The Morgan fingerprint density at radius 3 is 2.13 bits per heavy atom. The number of aromatic nitrogens is 1. The third kappa shape index (κ3) is 16.5. The first-order chi connectivity index (χ1) is 6.77. The maximum Gasteiger partial charge on any atom is 2.00 e. The summed E-state index contributed by atoms with van der Waals surface area (Å²) in [5.74, 6) is -0.682. The third-order valence-corrected chi connectivity index (χ3v) is 1.56. The molecule has 1 aromatic rings. The summed E-state index contributed by atoms with van der Waals surface area (Å²) in [7, 11) is 0. The molecule has 0 amide bonds. The Morgan fingerprint density at radius 1 is 1.27 bits per heavy atom. The molecule has 4 heteroatoms. The van der Waals surface area contributed by atoms with Crippen LogP contribution in [-0.4, -0.2) is 53.8 Å². The molecule has 0 aromatic carbocycles. The van der Waals surface area contributed by atoms with E-state index in [-0.39, 0.29) is 40.6 Å². The van der Waals surface area contributed by atoms with Gasteiger partial charge in [0.05, 0.1) is 0 Å². The fourth-order valence-electron chi connectivity index (χ4n) is 0.839. The van der Waals surface area contributed by atoms with Crippen molar-refractivity contribution in [1.82, 2.24) is 4.98 Å². The molecule has 0 aliphatic rings. The van der Waals surface area contributed by atoms with E-state index in [4.69, 9.17) is 5.11 Å². The Labute approximate surface area is 124 Å². The number of carbonyl (C=O) groups is 1. The summed E-state index contributed by atoms with van der Waals surface area (Å²) in [5, 5.41) is 8.14. The second kappa shape index (κ2) is 13.9. The number of carboxylic acids is 1. The molecule has 15 heavy (non-hydrogen) atoms. The van der Waals surface area contributed by atoms with E-state index in [1.165, 1.54) is 0 Å². The predicted molar refractivity (Wildman–Crippen MR) is 64.0 cm³/mol. The first-order valence-corrected chi connectivity index (χ1v) is 4.84. The summed E-state index contributed by atoms with van der Waals surface area (Å²) in [6.45, 7) is 2.06. The third-order valence-electron chi connectivity index (χ3n) is 1.56. The van der Waals surface area contributed by atoms with Gasteiger partial charge in [-0.3, -0.25) is 9.78 Å². The van der Waals surface area contributed by atoms with Gasteiger partial charge >= 0.3 is 43.7 Å². The molecule has 1 heterocycles. The van der Waals surface area contributed by atoms with Crippen LogP contribution in [-0.2, 0) is 4.79 Å². The molecule has 1 N–H and O–H groups in total. The number of hydrogen-bond acceptors (Lipinski definition) is 2. The number of pyridine rings is 1. The summed E-state index contributed by atoms with van der Waals surface area (Å²) < 4.78 is 0. The van der Waals surface area contributed by atoms with E-state index in [0.717, 1.165) is 19.3 Å². The number of carboxylic acid groups (broad SMARTS) is 1. The van der Waals surface area contributed by atoms with Gasteiger partial charge in [-0.1, -0.05) is 25.8 Å². The summed E-state index contributed by atoms with van der Waals surface area (Å²) in [4.78, 5) is 13.7. The average Bonchev–Trinajstić information content (AvgIpc) is 2.21. The molecule has 0 aliphatic heterocycles. The SMILES string of the molecule is CCCCCC(=O)O.[Ca+2].[H-].[H-].c1ccncc1. The molecule has 0 atom stereocenters. The van der Waals surface area contributed by atoms with Crippen LogP contribution in [0.25, 0.3) is 0 Å². The van der Waals surface area contributed by atoms with Crippen LogP contribution in [0.5, 0.6) is 0 Å². The van der Waals surface area contributed by atoms with Crippen molar-refractivity contribution < 1.29 is 12.8 Å². The van der Waals surface area contributed by atoms with Crippen molar-refractivity contribution in [2.75, 3.05) is 0 Å². The van der Waals surface area contributed by atoms with Crippen LogP contribution >= 0.6 is 0 Å². The molecule has 0 radical (unpaired) electrons. The van der Waals surface area contributed by atoms with Gasteiger partial charge in [0.1, 0.15) is 0 Å². The topological polar surface area (TPSA) is 50.2 Å². The van der Waals surface area contributed by atoms with E-state index in [1.807, 2.05) is 18.2 Å². The number of rotatable bonds is 4. The molecule has 0 aliphatic carbocycles. The van der Waals surface area contributed by atoms with E-state index >= 15 is 0 Å². The second-order valence-electron chi connectivity index (χ2n) is 2.88. The second-order valence-corrected chi connectivity index (χ2v) is 2.88. The molecule has 0 bridgehead atoms. The minimum absolute atomic E-state index is 0. The zero-order chi connectivity index (χ0) is 10.6. The van der Waals surface area contributed by atoms with Crippen molar-refractivity contribution in [3.8, 4) is 0 Å². The Bertz CT molecular complexity index is 211. The van der Waals surface area contributed by atoms with Crippen molar-refractivity contribution in [2.24, 2.45) is 0 Å². The van der Waals surface area contributed by atoms with E-state index in [9.17, 15) is 4.79 Å². The van der Waals surface area contributed by atoms with Gasteiger partial charge in [0.2, 0.25) is 0 Å². The largest absolute Gasteiger partial charge is 2.00 e. The minimum atomic E-state index is -0.682. The summed E-state index contributed by atoms with van der Waals surface area (Å²) >= 11 is 0. The Balaban J connectivity index is -0.0000000860. The number of hydrogen-bond donors (Lipinski definition) is 1. The van der Waals surface area contributed by atoms with Gasteiger partial charge in [0.25, 0.3) is 0 Å². The zero-order valence-electron chi connectivity index (χ0n) is 11.2. The van der Waals surface area contributed by atoms with Gasteiger partial charge < -0.3 is 7.96 Å². The molecule has 0 unspecified atom stereocenters. The van der Waals surface area contributed by atoms with Crippen LogP contribution < -0.4 is 0 Å². The molecule has 0 saturated carbocycles. The summed E-state index contributed by atoms with van der Waals surface area (Å²) in [6, 6.07) is 5.72. The van der Waals surface area contributed by atoms with Crippen molar-refractivity contribution in [3.63, 3.8) is 0 Å². The Morgan fingerprint density at radius 2 is 1.87 bits per heavy atom. The number of nitrogens with zero attached hydrogens (tertiary/aromatic N) is 1. The smallest absolute Gasteiger partial charge is 1.00 e. The number of aliphatic carboxylic acids is 1. The molecule has 3 nitrogen and oxygen atoms in total. The van der Waals surface area contributed by atoms with Crippen molar-refractivity contribution >= 4 is 43.7 Å². The number of unbranched alkanes of at least 4 members (excludes halogenated alkanes) is 2. The molecular weight excluding hydrogens is 218 g/mol. The Kier molecular flexibility index (Phi) is 16.0. The van der Waals surface area contributed by atoms with E-state index < -0.39 is 5.97 Å². The molecule has 0 saturated heterocycles. The van der Waals surface area contributed by atoms with Crippen LogP contribution in [0.3, 0.4) is 0 Å². The van der Waals surface area contributed by atoms with Crippen molar-refractivity contribution in [2.45, 2.75) is 32.6 Å². The van der Waals surface area contributed by atoms with Crippen LogP contribution in [0, 0.1) is 0 Å². The molecule has 1 rings (SSSR count). The maximum absolute atomic E-state index is 9.87. The van der Waals surface area contributed by atoms with Crippen molar-refractivity contribution in [3.05, 3.63) is 30.6 Å². The molecule has 0 fully saturated rings. The van der Waals surface area contributed by atoms with E-state index in [1.54, 1.807) is 12.4 Å². The van der Waals surface area contributed by atoms with Gasteiger partial charge in [-0.25, -0.2) is 0 Å². The average molecular weight is 237 g/mol. The molecular formula is C11H19CaNO2. The Hall–Kier alpha value is -0.120. The monoisotopic (exact) mass is 237 g/mol. The van der Waals surface area contributed by atoms with Crippen LogP contribution in [0.2, 0.25) is 0 Å².